The average Bonchev–Trinajstić information content (AvgIpc) is 3.63. The number of hydrogen-bond acceptors (Lipinski definition) is 8. The van der Waals surface area contributed by atoms with Gasteiger partial charge < -0.3 is 14.1 Å². The maximum atomic E-state index is 13.6. The molecule has 1 aliphatic heterocycles. The third kappa shape index (κ3) is 6.48. The lowest BCUT2D eigenvalue weighted by molar-refractivity contribution is -0.274. The van der Waals surface area contributed by atoms with Crippen molar-refractivity contribution in [3.8, 4) is 34.5 Å². The van der Waals surface area contributed by atoms with Gasteiger partial charge in [0.15, 0.2) is 9.84 Å². The number of para-hydroxylation sites is 1. The number of carbonyl (C=O) groups is 1. The molecule has 2 saturated carbocycles. The lowest BCUT2D eigenvalue weighted by atomic mass is 9.73. The molecule has 2 aliphatic carbocycles. The summed E-state index contributed by atoms with van der Waals surface area (Å²) in [6.45, 7) is 0.764. The second kappa shape index (κ2) is 11.6. The van der Waals surface area contributed by atoms with Crippen LogP contribution in [0.25, 0.3) is 22.7 Å². The molecular weight excluding hydrogens is 595 g/mol. The summed E-state index contributed by atoms with van der Waals surface area (Å²) in [5.74, 6) is -0.657. The Morgan fingerprint density at radius 2 is 1.75 bits per heavy atom. The van der Waals surface area contributed by atoms with Gasteiger partial charge in [0.05, 0.1) is 28.6 Å². The van der Waals surface area contributed by atoms with E-state index in [2.05, 4.69) is 10.8 Å². The van der Waals surface area contributed by atoms with E-state index >= 15 is 0 Å². The molecule has 12 heteroatoms. The number of sulfone groups is 1. The van der Waals surface area contributed by atoms with Crippen LogP contribution >= 0.6 is 0 Å². The number of nitriles is 1. The fourth-order valence-corrected chi connectivity index (χ4v) is 7.54. The van der Waals surface area contributed by atoms with Crippen molar-refractivity contribution in [2.24, 2.45) is 11.3 Å². The van der Waals surface area contributed by atoms with Gasteiger partial charge in [0.2, 0.25) is 5.89 Å². The predicted octanol–water partition coefficient (Wildman–Crippen LogP) is 6.68. The second-order valence-electron chi connectivity index (χ2n) is 12.0. The summed E-state index contributed by atoms with van der Waals surface area (Å²) in [6, 6.07) is 15.3. The molecular formula is C32H32F3N3O5S. The minimum Gasteiger partial charge on any atom is -0.440 e. The number of rotatable bonds is 8. The monoisotopic (exact) mass is 627 g/mol. The molecule has 232 valence electrons. The smallest absolute Gasteiger partial charge is 0.440 e. The van der Waals surface area contributed by atoms with Crippen molar-refractivity contribution in [1.82, 2.24) is 4.98 Å². The summed E-state index contributed by atoms with van der Waals surface area (Å²) in [5, 5.41) is 9.60. The Bertz CT molecular complexity index is 1680. The number of ketones is 1. The lowest BCUT2D eigenvalue weighted by Crippen LogP contribution is -2.40. The van der Waals surface area contributed by atoms with Gasteiger partial charge in [-0.25, -0.2) is 13.4 Å². The number of benzene rings is 2. The lowest BCUT2D eigenvalue weighted by Gasteiger charge is -2.30. The second-order valence-corrected chi connectivity index (χ2v) is 14.3. The van der Waals surface area contributed by atoms with Gasteiger partial charge in [-0.3, -0.25) is 4.79 Å². The van der Waals surface area contributed by atoms with Crippen LogP contribution in [0.15, 0.2) is 52.9 Å². The zero-order chi connectivity index (χ0) is 31.1. The number of aromatic nitrogens is 1. The molecule has 0 radical (unpaired) electrons. The topological polar surface area (TPSA) is 114 Å². The first-order valence-electron chi connectivity index (χ1n) is 14.8. The number of ether oxygens (including phenoxy) is 1. The van der Waals surface area contributed by atoms with E-state index in [1.807, 2.05) is 29.2 Å². The Labute approximate surface area is 253 Å². The Hall–Kier alpha value is -3.85. The van der Waals surface area contributed by atoms with Crippen LogP contribution in [-0.2, 0) is 14.6 Å². The highest BCUT2D eigenvalue weighted by molar-refractivity contribution is 7.91. The predicted molar refractivity (Wildman–Crippen MR) is 157 cm³/mol. The van der Waals surface area contributed by atoms with Crippen molar-refractivity contribution in [3.05, 3.63) is 54.3 Å². The molecule has 3 aliphatic rings. The minimum absolute atomic E-state index is 0.00820. The van der Waals surface area contributed by atoms with Crippen molar-refractivity contribution >= 4 is 21.3 Å². The largest absolute Gasteiger partial charge is 0.573 e. The van der Waals surface area contributed by atoms with Crippen LogP contribution in [0.1, 0.15) is 56.6 Å². The summed E-state index contributed by atoms with van der Waals surface area (Å²) >= 11 is 0. The molecule has 1 saturated heterocycles. The van der Waals surface area contributed by atoms with E-state index in [9.17, 15) is 31.6 Å². The number of carbonyl (C=O) groups excluding carboxylic acids is 1. The van der Waals surface area contributed by atoms with E-state index in [1.165, 1.54) is 18.2 Å². The number of hydrogen-bond donors (Lipinski definition) is 0. The maximum Gasteiger partial charge on any atom is 0.573 e. The van der Waals surface area contributed by atoms with Gasteiger partial charge in [-0.05, 0) is 49.9 Å². The molecule has 8 nitrogen and oxygen atoms in total. The molecule has 0 N–H and O–H groups in total. The van der Waals surface area contributed by atoms with Crippen LogP contribution in [-0.4, -0.2) is 50.1 Å². The van der Waals surface area contributed by atoms with Crippen molar-refractivity contribution in [2.75, 3.05) is 29.5 Å². The Balaban J connectivity index is 1.39. The molecule has 0 bridgehead atoms. The van der Waals surface area contributed by atoms with Gasteiger partial charge in [0.1, 0.15) is 23.0 Å². The molecule has 0 amide bonds. The van der Waals surface area contributed by atoms with Gasteiger partial charge in [-0.1, -0.05) is 37.1 Å². The van der Waals surface area contributed by atoms with Crippen molar-refractivity contribution in [1.29, 1.82) is 5.26 Å². The van der Waals surface area contributed by atoms with E-state index in [0.717, 1.165) is 18.5 Å². The van der Waals surface area contributed by atoms with E-state index in [4.69, 9.17) is 9.40 Å². The van der Waals surface area contributed by atoms with Crippen molar-refractivity contribution in [3.63, 3.8) is 0 Å². The van der Waals surface area contributed by atoms with Gasteiger partial charge in [-0.15, -0.1) is 13.2 Å². The average molecular weight is 628 g/mol. The summed E-state index contributed by atoms with van der Waals surface area (Å²) in [4.78, 5) is 20.3. The molecule has 0 unspecified atom stereocenters. The normalized spacial score (nSPS) is 22.6. The summed E-state index contributed by atoms with van der Waals surface area (Å²) in [5.41, 5.74) is 1.37. The molecule has 0 spiro atoms. The van der Waals surface area contributed by atoms with Crippen LogP contribution in [0.2, 0.25) is 0 Å². The van der Waals surface area contributed by atoms with Crippen LogP contribution in [0, 0.1) is 22.7 Å². The molecule has 1 aromatic heterocycles. The number of anilines is 1. The third-order valence-corrected chi connectivity index (χ3v) is 10.6. The van der Waals surface area contributed by atoms with Gasteiger partial charge >= 0.3 is 6.36 Å². The van der Waals surface area contributed by atoms with Crippen LogP contribution in [0.3, 0.4) is 0 Å². The van der Waals surface area contributed by atoms with Crippen LogP contribution < -0.4 is 9.64 Å². The minimum atomic E-state index is -4.92. The summed E-state index contributed by atoms with van der Waals surface area (Å²) in [7, 11) is -3.04. The highest BCUT2D eigenvalue weighted by Crippen LogP contribution is 2.51. The van der Waals surface area contributed by atoms with Gasteiger partial charge in [0, 0.05) is 42.6 Å². The maximum absolute atomic E-state index is 13.6. The molecule has 44 heavy (non-hydrogen) atoms. The SMILES string of the molecule is N#CC1(CC(=O)[C@@H]2CCCC[C@H]2c2oc(-c3ccccc3OC(F)(F)F)nc2-c2ccc(N3CCS(=O)(=O)CC3)cc2)CC1. The Morgan fingerprint density at radius 1 is 1.07 bits per heavy atom. The van der Waals surface area contributed by atoms with E-state index < -0.39 is 33.3 Å². The molecule has 3 fully saturated rings. The van der Waals surface area contributed by atoms with Gasteiger partial charge in [-0.2, -0.15) is 5.26 Å². The summed E-state index contributed by atoms with van der Waals surface area (Å²) < 4.78 is 74.1. The highest BCUT2D eigenvalue weighted by atomic mass is 32.2. The highest BCUT2D eigenvalue weighted by Gasteiger charge is 2.47. The number of nitrogens with zero attached hydrogens (tertiary/aromatic N) is 3. The number of oxazole rings is 1. The van der Waals surface area contributed by atoms with Crippen molar-refractivity contribution in [2.45, 2.75) is 57.2 Å². The fraction of sp³-hybridized carbons (Fsp3) is 0.469. The molecule has 2 heterocycles. The molecule has 6 rings (SSSR count). The summed E-state index contributed by atoms with van der Waals surface area (Å²) in [6.07, 6.45) is -0.361. The number of alkyl halides is 3. The fourth-order valence-electron chi connectivity index (χ4n) is 6.34. The third-order valence-electron chi connectivity index (χ3n) is 8.97. The Kier molecular flexibility index (Phi) is 7.94. The quantitative estimate of drug-likeness (QED) is 0.272. The number of Topliss-reactive ketones (excluding diaryl/α,β-unsaturated/α-hetero) is 1. The molecule has 2 aromatic carbocycles. The van der Waals surface area contributed by atoms with Crippen molar-refractivity contribution < 1.29 is 35.5 Å². The first kappa shape index (κ1) is 30.2. The standard InChI is InChI=1S/C32H32F3N3O5S/c33-32(34,35)43-27-8-4-3-7-25(27)30-37-28(21-9-11-22(12-10-21)38-15-17-44(40,41)18-16-38)29(42-30)24-6-2-1-5-23(24)26(39)19-31(20-36)13-14-31/h3-4,7-12,23-24H,1-2,5-6,13-19H2/t23-,24-/m1/s1. The van der Waals surface area contributed by atoms with E-state index in [-0.39, 0.29) is 41.1 Å². The molecule has 3 aromatic rings. The Morgan fingerprint density at radius 3 is 2.41 bits per heavy atom. The number of halogens is 3. The van der Waals surface area contributed by atoms with E-state index in [0.29, 0.717) is 55.8 Å². The zero-order valence-electron chi connectivity index (χ0n) is 24.0. The first-order chi connectivity index (χ1) is 21.0. The van der Waals surface area contributed by atoms with Gasteiger partial charge in [0.25, 0.3) is 0 Å². The van der Waals surface area contributed by atoms with Crippen LogP contribution in [0.5, 0.6) is 5.75 Å². The molecule has 2 atom stereocenters. The van der Waals surface area contributed by atoms with Crippen LogP contribution in [0.4, 0.5) is 18.9 Å². The zero-order valence-corrected chi connectivity index (χ0v) is 24.8. The first-order valence-corrected chi connectivity index (χ1v) is 16.6. The van der Waals surface area contributed by atoms with E-state index in [1.54, 1.807) is 6.07 Å².